The predicted octanol–water partition coefficient (Wildman–Crippen LogP) is 2.76. The Morgan fingerprint density at radius 1 is 1.18 bits per heavy atom. The third-order valence-electron chi connectivity index (χ3n) is 9.48. The Balaban J connectivity index is 1.10. The number of aryl methyl sites for hydroxylation is 1. The summed E-state index contributed by atoms with van der Waals surface area (Å²) >= 11 is 6.50. The van der Waals surface area contributed by atoms with Gasteiger partial charge in [-0.1, -0.05) is 17.7 Å². The van der Waals surface area contributed by atoms with Crippen molar-refractivity contribution in [3.8, 4) is 5.75 Å². The molecule has 2 aromatic rings. The van der Waals surface area contributed by atoms with E-state index >= 15 is 0 Å². The second kappa shape index (κ2) is 10.1. The Hall–Kier alpha value is -2.66. The Labute approximate surface area is 232 Å². The number of ether oxygens (including phenoxy) is 3. The number of nitrogens with two attached hydrogens (primary N) is 1. The van der Waals surface area contributed by atoms with Gasteiger partial charge in [0, 0.05) is 37.0 Å². The lowest BCUT2D eigenvalue weighted by Crippen LogP contribution is -2.45. The minimum absolute atomic E-state index is 0.155. The Bertz CT molecular complexity index is 1270. The third-order valence-corrected chi connectivity index (χ3v) is 9.76. The van der Waals surface area contributed by atoms with Gasteiger partial charge in [0.15, 0.2) is 5.82 Å². The number of rotatable bonds is 7. The summed E-state index contributed by atoms with van der Waals surface area (Å²) in [4.78, 5) is 24.0. The van der Waals surface area contributed by atoms with Gasteiger partial charge in [0.05, 0.1) is 50.3 Å². The number of hydrogen-bond donors (Lipinski definition) is 3. The average molecular weight is 555 g/mol. The van der Waals surface area contributed by atoms with Gasteiger partial charge in [-0.25, -0.2) is 4.98 Å². The van der Waals surface area contributed by atoms with Gasteiger partial charge in [0.2, 0.25) is 11.9 Å². The molecule has 1 amide bonds. The highest BCUT2D eigenvalue weighted by molar-refractivity contribution is 6.32. The maximum absolute atomic E-state index is 12.3. The first kappa shape index (κ1) is 25.3. The zero-order valence-corrected chi connectivity index (χ0v) is 22.8. The SMILES string of the molecule is COc1c(Nc2ncc(Cl)c(N[C@H]3[C@@H](C(N)=O)[C@H]4C[C@@H]3C3OC34)n2)ccc2c1CC[C@@H](N1CCOCC1)CC2. The number of aromatic nitrogens is 2. The molecule has 0 radical (unpaired) electrons. The van der Waals surface area contributed by atoms with Crippen molar-refractivity contribution >= 4 is 35.0 Å². The molecule has 208 valence electrons. The van der Waals surface area contributed by atoms with E-state index in [1.165, 1.54) is 11.1 Å². The van der Waals surface area contributed by atoms with Gasteiger partial charge in [-0.15, -0.1) is 0 Å². The highest BCUT2D eigenvalue weighted by atomic mass is 35.5. The van der Waals surface area contributed by atoms with Gasteiger partial charge in [-0.2, -0.15) is 4.98 Å². The smallest absolute Gasteiger partial charge is 0.229 e. The number of morpholine rings is 1. The van der Waals surface area contributed by atoms with E-state index < -0.39 is 0 Å². The monoisotopic (exact) mass is 554 g/mol. The number of halogens is 1. The molecule has 39 heavy (non-hydrogen) atoms. The van der Waals surface area contributed by atoms with Crippen LogP contribution in [0.15, 0.2) is 18.3 Å². The van der Waals surface area contributed by atoms with Gasteiger partial charge in [0.1, 0.15) is 10.8 Å². The number of nitrogens with one attached hydrogen (secondary N) is 2. The molecule has 2 unspecified atom stereocenters. The van der Waals surface area contributed by atoms with E-state index in [4.69, 9.17) is 36.5 Å². The number of epoxide rings is 1. The molecule has 7 rings (SSSR count). The number of carbonyl (C=O) groups excluding carboxylic acids is 1. The summed E-state index contributed by atoms with van der Waals surface area (Å²) in [6.45, 7) is 3.65. The maximum Gasteiger partial charge on any atom is 0.229 e. The van der Waals surface area contributed by atoms with Crippen LogP contribution < -0.4 is 21.1 Å². The lowest BCUT2D eigenvalue weighted by molar-refractivity contribution is -0.123. The first-order valence-corrected chi connectivity index (χ1v) is 14.4. The van der Waals surface area contributed by atoms with Crippen LogP contribution in [0.1, 0.15) is 30.4 Å². The van der Waals surface area contributed by atoms with Gasteiger partial charge in [-0.3, -0.25) is 9.69 Å². The molecule has 2 saturated heterocycles. The van der Waals surface area contributed by atoms with E-state index in [1.807, 2.05) is 6.07 Å². The average Bonchev–Trinajstić information content (AvgIpc) is 3.62. The van der Waals surface area contributed by atoms with Crippen LogP contribution in [0, 0.1) is 17.8 Å². The minimum atomic E-state index is -0.303. The molecule has 1 aromatic carbocycles. The molecule has 1 aromatic heterocycles. The van der Waals surface area contributed by atoms with Crippen LogP contribution in [0.3, 0.4) is 0 Å². The second-order valence-corrected chi connectivity index (χ2v) is 11.8. The molecule has 3 aliphatic carbocycles. The summed E-state index contributed by atoms with van der Waals surface area (Å²) < 4.78 is 17.3. The Kier molecular flexibility index (Phi) is 6.54. The number of fused-ring (bicyclic) bond motifs is 6. The van der Waals surface area contributed by atoms with Crippen LogP contribution in [0.5, 0.6) is 5.75 Å². The molecule has 11 heteroatoms. The highest BCUT2D eigenvalue weighted by Crippen LogP contribution is 2.59. The summed E-state index contributed by atoms with van der Waals surface area (Å²) in [6.07, 6.45) is 7.09. The van der Waals surface area contributed by atoms with Crippen molar-refractivity contribution < 1.29 is 19.0 Å². The summed E-state index contributed by atoms with van der Waals surface area (Å²) in [6, 6.07) is 4.64. The van der Waals surface area contributed by atoms with Crippen molar-refractivity contribution in [1.82, 2.24) is 14.9 Å². The lowest BCUT2D eigenvalue weighted by Gasteiger charge is -2.34. The number of nitrogens with zero attached hydrogens (tertiary/aromatic N) is 3. The third kappa shape index (κ3) is 4.51. The van der Waals surface area contributed by atoms with Crippen molar-refractivity contribution in [2.24, 2.45) is 23.5 Å². The number of amides is 1. The molecule has 2 saturated carbocycles. The summed E-state index contributed by atoms with van der Waals surface area (Å²) in [5.41, 5.74) is 9.19. The van der Waals surface area contributed by atoms with Crippen LogP contribution in [-0.2, 0) is 27.1 Å². The first-order chi connectivity index (χ1) is 19.0. The summed E-state index contributed by atoms with van der Waals surface area (Å²) in [7, 11) is 1.72. The van der Waals surface area contributed by atoms with Crippen molar-refractivity contribution in [1.29, 1.82) is 0 Å². The highest BCUT2D eigenvalue weighted by Gasteiger charge is 2.68. The van der Waals surface area contributed by atoms with E-state index in [9.17, 15) is 4.79 Å². The fourth-order valence-electron chi connectivity index (χ4n) is 7.63. The molecular weight excluding hydrogens is 520 g/mol. The zero-order valence-electron chi connectivity index (χ0n) is 22.1. The molecule has 7 atom stereocenters. The molecule has 0 spiro atoms. The fraction of sp³-hybridized carbons (Fsp3) is 0.607. The number of methoxy groups -OCH3 is 1. The molecule has 2 bridgehead atoms. The van der Waals surface area contributed by atoms with E-state index in [0.29, 0.717) is 22.8 Å². The van der Waals surface area contributed by atoms with Crippen molar-refractivity contribution in [3.63, 3.8) is 0 Å². The van der Waals surface area contributed by atoms with E-state index in [-0.39, 0.29) is 41.9 Å². The number of benzene rings is 1. The molecular formula is C28H35ClN6O4. The normalized spacial score (nSPS) is 33.1. The van der Waals surface area contributed by atoms with Crippen LogP contribution in [0.4, 0.5) is 17.5 Å². The predicted molar refractivity (Wildman–Crippen MR) is 146 cm³/mol. The topological polar surface area (TPSA) is 127 Å². The molecule has 3 heterocycles. The standard InChI is InChI=1S/C28H35ClN6O4/c1-37-23-16-6-5-15(35-8-10-38-11-9-35)4-2-14(16)3-7-20(23)32-28-31-13-19(29)27(34-28)33-22-18-12-17(21(22)26(30)36)24-25(18)39-24/h3,7,13,15,17-18,21-22,24-25H,2,4-6,8-12H2,1H3,(H2,30,36)(H2,31,32,33,34)/t15-,17+,18-,21-,22+,24?,25?/m0/s1. The zero-order chi connectivity index (χ0) is 26.7. The molecule has 2 aliphatic heterocycles. The second-order valence-electron chi connectivity index (χ2n) is 11.4. The molecule has 4 fully saturated rings. The summed E-state index contributed by atoms with van der Waals surface area (Å²) in [5.74, 6) is 1.51. The molecule has 5 aliphatic rings. The fourth-order valence-corrected chi connectivity index (χ4v) is 7.77. The quantitative estimate of drug-likeness (QED) is 0.349. The van der Waals surface area contributed by atoms with Crippen LogP contribution >= 0.6 is 11.6 Å². The van der Waals surface area contributed by atoms with Crippen LogP contribution in [-0.4, -0.2) is 78.5 Å². The number of primary amides is 1. The Morgan fingerprint density at radius 3 is 2.77 bits per heavy atom. The van der Waals surface area contributed by atoms with Crippen molar-refractivity contribution in [2.75, 3.05) is 44.0 Å². The van der Waals surface area contributed by atoms with Gasteiger partial charge < -0.3 is 30.6 Å². The van der Waals surface area contributed by atoms with E-state index in [1.54, 1.807) is 13.3 Å². The Morgan fingerprint density at radius 2 is 1.97 bits per heavy atom. The minimum Gasteiger partial charge on any atom is -0.494 e. The van der Waals surface area contributed by atoms with Gasteiger partial charge >= 0.3 is 0 Å². The number of hydrogen-bond acceptors (Lipinski definition) is 9. The molecule has 10 nitrogen and oxygen atoms in total. The number of carbonyl (C=O) groups is 1. The van der Waals surface area contributed by atoms with E-state index in [0.717, 1.165) is 69.8 Å². The van der Waals surface area contributed by atoms with E-state index in [2.05, 4.69) is 26.6 Å². The van der Waals surface area contributed by atoms with Gasteiger partial charge in [-0.05, 0) is 49.3 Å². The van der Waals surface area contributed by atoms with Gasteiger partial charge in [0.25, 0.3) is 0 Å². The van der Waals surface area contributed by atoms with Crippen LogP contribution in [0.25, 0.3) is 0 Å². The lowest BCUT2D eigenvalue weighted by atomic mass is 9.84. The summed E-state index contributed by atoms with van der Waals surface area (Å²) in [5, 5.41) is 7.18. The molecule has 4 N–H and O–H groups in total. The number of anilines is 3. The largest absolute Gasteiger partial charge is 0.494 e. The first-order valence-electron chi connectivity index (χ1n) is 14.0. The van der Waals surface area contributed by atoms with Crippen molar-refractivity contribution in [2.45, 2.75) is 56.4 Å². The maximum atomic E-state index is 12.3. The van der Waals surface area contributed by atoms with Crippen molar-refractivity contribution in [3.05, 3.63) is 34.5 Å². The van der Waals surface area contributed by atoms with Crippen LogP contribution in [0.2, 0.25) is 5.02 Å².